The Bertz CT molecular complexity index is 832. The van der Waals surface area contributed by atoms with Crippen molar-refractivity contribution in [1.82, 2.24) is 9.88 Å². The lowest BCUT2D eigenvalue weighted by Crippen LogP contribution is -2.32. The molecule has 0 radical (unpaired) electrons. The van der Waals surface area contributed by atoms with Gasteiger partial charge in [-0.25, -0.2) is 9.78 Å². The predicted octanol–water partition coefficient (Wildman–Crippen LogP) is 5.03. The van der Waals surface area contributed by atoms with Gasteiger partial charge >= 0.3 is 12.1 Å². The molecule has 0 bridgehead atoms. The van der Waals surface area contributed by atoms with Gasteiger partial charge in [-0.05, 0) is 43.5 Å². The fraction of sp³-hybridized carbons (Fsp3) is 0.450. The van der Waals surface area contributed by atoms with Crippen molar-refractivity contribution < 1.29 is 27.5 Å². The SMILES string of the molecule is CCOC(=O)c1csc(CN(CCC(C)C)C(=O)c2ccc(C(F)(F)F)cc2)n1. The average molecular weight is 428 g/mol. The Morgan fingerprint density at radius 1 is 1.21 bits per heavy atom. The van der Waals surface area contributed by atoms with E-state index in [0.29, 0.717) is 17.5 Å². The zero-order valence-corrected chi connectivity index (χ0v) is 17.3. The molecule has 0 N–H and O–H groups in total. The molecule has 1 aromatic heterocycles. The number of benzene rings is 1. The molecule has 0 atom stereocenters. The van der Waals surface area contributed by atoms with Crippen LogP contribution in [0.5, 0.6) is 0 Å². The van der Waals surface area contributed by atoms with Crippen LogP contribution in [-0.4, -0.2) is 34.9 Å². The average Bonchev–Trinajstić information content (AvgIpc) is 3.13. The number of carbonyl (C=O) groups excluding carboxylic acids is 2. The van der Waals surface area contributed by atoms with E-state index in [0.717, 1.165) is 18.6 Å². The van der Waals surface area contributed by atoms with Gasteiger partial charge in [0.15, 0.2) is 5.69 Å². The number of carbonyl (C=O) groups is 2. The van der Waals surface area contributed by atoms with Crippen molar-refractivity contribution in [2.75, 3.05) is 13.2 Å². The van der Waals surface area contributed by atoms with E-state index in [4.69, 9.17) is 4.74 Å². The van der Waals surface area contributed by atoms with Crippen LogP contribution in [0.3, 0.4) is 0 Å². The molecule has 2 rings (SSSR count). The first-order valence-corrected chi connectivity index (χ1v) is 10.1. The molecule has 0 saturated carbocycles. The molecule has 158 valence electrons. The molecule has 0 aliphatic rings. The second-order valence-electron chi connectivity index (χ2n) is 6.83. The van der Waals surface area contributed by atoms with E-state index >= 15 is 0 Å². The standard InChI is InChI=1S/C20H23F3N2O3S/c1-4-28-19(27)16-12-29-17(24-16)11-25(10-9-13(2)3)18(26)14-5-7-15(8-6-14)20(21,22)23/h5-8,12-13H,4,9-11H2,1-3H3. The largest absolute Gasteiger partial charge is 0.461 e. The highest BCUT2D eigenvalue weighted by atomic mass is 32.1. The molecule has 1 heterocycles. The Balaban J connectivity index is 2.19. The third kappa shape index (κ3) is 6.56. The summed E-state index contributed by atoms with van der Waals surface area (Å²) in [6.45, 7) is 6.55. The number of hydrogen-bond acceptors (Lipinski definition) is 5. The third-order valence-corrected chi connectivity index (χ3v) is 4.92. The van der Waals surface area contributed by atoms with E-state index < -0.39 is 17.7 Å². The second-order valence-corrected chi connectivity index (χ2v) is 7.77. The maximum Gasteiger partial charge on any atom is 0.416 e. The quantitative estimate of drug-likeness (QED) is 0.554. The van der Waals surface area contributed by atoms with Crippen molar-refractivity contribution in [3.63, 3.8) is 0 Å². The summed E-state index contributed by atoms with van der Waals surface area (Å²) >= 11 is 1.23. The highest BCUT2D eigenvalue weighted by Gasteiger charge is 2.30. The maximum atomic E-state index is 12.9. The summed E-state index contributed by atoms with van der Waals surface area (Å²) in [6, 6.07) is 4.16. The first-order valence-electron chi connectivity index (χ1n) is 9.19. The number of aromatic nitrogens is 1. The molecule has 0 spiro atoms. The van der Waals surface area contributed by atoms with Gasteiger partial charge in [-0.3, -0.25) is 4.79 Å². The molecule has 1 aromatic carbocycles. The van der Waals surface area contributed by atoms with Crippen molar-refractivity contribution in [1.29, 1.82) is 0 Å². The summed E-state index contributed by atoms with van der Waals surface area (Å²) in [5.74, 6) is -0.575. The lowest BCUT2D eigenvalue weighted by Gasteiger charge is -2.23. The number of ether oxygens (including phenoxy) is 1. The Morgan fingerprint density at radius 2 is 1.86 bits per heavy atom. The van der Waals surface area contributed by atoms with E-state index in [1.807, 2.05) is 13.8 Å². The van der Waals surface area contributed by atoms with Crippen molar-refractivity contribution in [3.05, 3.63) is 51.5 Å². The Hall–Kier alpha value is -2.42. The Kier molecular flexibility index (Phi) is 7.78. The zero-order chi connectivity index (χ0) is 21.6. The van der Waals surface area contributed by atoms with Crippen LogP contribution < -0.4 is 0 Å². The van der Waals surface area contributed by atoms with Crippen molar-refractivity contribution in [2.45, 2.75) is 39.9 Å². The van der Waals surface area contributed by atoms with E-state index in [1.165, 1.54) is 28.4 Å². The van der Waals surface area contributed by atoms with Crippen LogP contribution in [0.1, 0.15) is 58.6 Å². The van der Waals surface area contributed by atoms with Crippen molar-refractivity contribution in [2.24, 2.45) is 5.92 Å². The van der Waals surface area contributed by atoms with Crippen LogP contribution in [-0.2, 0) is 17.5 Å². The summed E-state index contributed by atoms with van der Waals surface area (Å²) in [4.78, 5) is 30.4. The molecular formula is C20H23F3N2O3S. The second kappa shape index (κ2) is 9.87. The van der Waals surface area contributed by atoms with Crippen LogP contribution >= 0.6 is 11.3 Å². The van der Waals surface area contributed by atoms with Crippen LogP contribution in [0.25, 0.3) is 0 Å². The first kappa shape index (κ1) is 22.9. The Labute approximate surface area is 171 Å². The topological polar surface area (TPSA) is 59.5 Å². The minimum Gasteiger partial charge on any atom is -0.461 e. The third-order valence-electron chi connectivity index (χ3n) is 4.09. The van der Waals surface area contributed by atoms with Crippen molar-refractivity contribution >= 4 is 23.2 Å². The molecular weight excluding hydrogens is 405 g/mol. The molecule has 0 fully saturated rings. The highest BCUT2D eigenvalue weighted by molar-refractivity contribution is 7.09. The molecule has 1 amide bonds. The smallest absolute Gasteiger partial charge is 0.416 e. The minimum atomic E-state index is -4.46. The van der Waals surface area contributed by atoms with Gasteiger partial charge in [0, 0.05) is 17.5 Å². The van der Waals surface area contributed by atoms with Gasteiger partial charge in [0.25, 0.3) is 5.91 Å². The fourth-order valence-electron chi connectivity index (χ4n) is 2.50. The van der Waals surface area contributed by atoms with Gasteiger partial charge < -0.3 is 9.64 Å². The van der Waals surface area contributed by atoms with Crippen LogP contribution in [0.2, 0.25) is 0 Å². The van der Waals surface area contributed by atoms with E-state index in [-0.39, 0.29) is 30.3 Å². The van der Waals surface area contributed by atoms with Gasteiger partial charge in [0.05, 0.1) is 18.7 Å². The summed E-state index contributed by atoms with van der Waals surface area (Å²) in [5, 5.41) is 2.12. The van der Waals surface area contributed by atoms with Crippen LogP contribution in [0.15, 0.2) is 29.6 Å². The predicted molar refractivity (Wildman–Crippen MR) is 104 cm³/mol. The van der Waals surface area contributed by atoms with Crippen molar-refractivity contribution in [3.8, 4) is 0 Å². The molecule has 29 heavy (non-hydrogen) atoms. The number of alkyl halides is 3. The lowest BCUT2D eigenvalue weighted by atomic mass is 10.1. The Morgan fingerprint density at radius 3 is 2.41 bits per heavy atom. The van der Waals surface area contributed by atoms with Gasteiger partial charge in [-0.15, -0.1) is 11.3 Å². The zero-order valence-electron chi connectivity index (χ0n) is 16.5. The summed E-state index contributed by atoms with van der Waals surface area (Å²) in [6.07, 6.45) is -3.73. The maximum absolute atomic E-state index is 12.9. The summed E-state index contributed by atoms with van der Waals surface area (Å²) in [7, 11) is 0. The highest BCUT2D eigenvalue weighted by Crippen LogP contribution is 2.29. The van der Waals surface area contributed by atoms with E-state index in [2.05, 4.69) is 4.98 Å². The molecule has 0 aliphatic heterocycles. The molecule has 0 unspecified atom stereocenters. The molecule has 0 saturated heterocycles. The first-order chi connectivity index (χ1) is 13.6. The number of halogens is 3. The molecule has 9 heteroatoms. The van der Waals surface area contributed by atoms with Gasteiger partial charge in [0.2, 0.25) is 0 Å². The van der Waals surface area contributed by atoms with Crippen LogP contribution in [0, 0.1) is 5.92 Å². The number of esters is 1. The molecule has 5 nitrogen and oxygen atoms in total. The van der Waals surface area contributed by atoms with E-state index in [9.17, 15) is 22.8 Å². The molecule has 2 aromatic rings. The molecule has 0 aliphatic carbocycles. The number of nitrogens with zero attached hydrogens (tertiary/aromatic N) is 2. The van der Waals surface area contributed by atoms with Crippen LogP contribution in [0.4, 0.5) is 13.2 Å². The lowest BCUT2D eigenvalue weighted by molar-refractivity contribution is -0.137. The monoisotopic (exact) mass is 428 g/mol. The summed E-state index contributed by atoms with van der Waals surface area (Å²) in [5.41, 5.74) is -0.455. The number of thiazole rings is 1. The normalized spacial score (nSPS) is 11.6. The number of hydrogen-bond donors (Lipinski definition) is 0. The van der Waals surface area contributed by atoms with Gasteiger partial charge in [0.1, 0.15) is 5.01 Å². The van der Waals surface area contributed by atoms with E-state index in [1.54, 1.807) is 12.3 Å². The fourth-order valence-corrected chi connectivity index (χ4v) is 3.27. The van der Waals surface area contributed by atoms with Gasteiger partial charge in [-0.1, -0.05) is 13.8 Å². The number of rotatable bonds is 8. The summed E-state index contributed by atoms with van der Waals surface area (Å²) < 4.78 is 43.2. The minimum absolute atomic E-state index is 0.163. The number of amides is 1. The van der Waals surface area contributed by atoms with Gasteiger partial charge in [-0.2, -0.15) is 13.2 Å².